The Bertz CT molecular complexity index is 456. The highest BCUT2D eigenvalue weighted by Crippen LogP contribution is 2.28. The van der Waals surface area contributed by atoms with Gasteiger partial charge < -0.3 is 19.7 Å². The van der Waals surface area contributed by atoms with Crippen molar-refractivity contribution in [3.63, 3.8) is 0 Å². The fourth-order valence-corrected chi connectivity index (χ4v) is 2.38. The summed E-state index contributed by atoms with van der Waals surface area (Å²) >= 11 is 0. The van der Waals surface area contributed by atoms with Crippen LogP contribution < -0.4 is 14.8 Å². The average molecular weight is 278 g/mol. The molecule has 1 saturated heterocycles. The number of hydrogen-bond donors (Lipinski definition) is 1. The van der Waals surface area contributed by atoms with Gasteiger partial charge in [-0.2, -0.15) is 0 Å². The van der Waals surface area contributed by atoms with Crippen LogP contribution in [0.2, 0.25) is 0 Å². The maximum Gasteiger partial charge on any atom is 0.224 e. The summed E-state index contributed by atoms with van der Waals surface area (Å²) in [6.45, 7) is 2.40. The summed E-state index contributed by atoms with van der Waals surface area (Å²) in [5, 5.41) is 3.24. The van der Waals surface area contributed by atoms with E-state index in [1.165, 1.54) is 0 Å². The van der Waals surface area contributed by atoms with Gasteiger partial charge in [0.25, 0.3) is 0 Å². The summed E-state index contributed by atoms with van der Waals surface area (Å²) in [6, 6.07) is 5.57. The molecule has 1 aliphatic rings. The molecule has 1 aromatic carbocycles. The number of ether oxygens (including phenoxy) is 2. The van der Waals surface area contributed by atoms with Gasteiger partial charge in [0.05, 0.1) is 19.9 Å². The summed E-state index contributed by atoms with van der Waals surface area (Å²) in [5.41, 5.74) is 0.848. The first kappa shape index (κ1) is 14.5. The predicted octanol–water partition coefficient (Wildman–Crippen LogP) is 2.13. The van der Waals surface area contributed by atoms with Crippen LogP contribution >= 0.6 is 0 Å². The standard InChI is InChI=1S/C15H22N2O3/c1-19-12-5-6-14(20-2)13(11-12)16-8-7-15(18)17-9-3-4-10-17/h5-6,11,16H,3-4,7-10H2,1-2H3. The van der Waals surface area contributed by atoms with E-state index in [4.69, 9.17) is 9.47 Å². The number of benzene rings is 1. The molecular weight excluding hydrogens is 256 g/mol. The molecule has 0 radical (unpaired) electrons. The first-order valence-corrected chi connectivity index (χ1v) is 6.98. The zero-order valence-electron chi connectivity index (χ0n) is 12.1. The Hall–Kier alpha value is -1.91. The summed E-state index contributed by atoms with van der Waals surface area (Å²) in [5.74, 6) is 1.73. The Morgan fingerprint density at radius 1 is 1.25 bits per heavy atom. The molecule has 5 heteroatoms. The van der Waals surface area contributed by atoms with Gasteiger partial charge in [0, 0.05) is 32.1 Å². The number of carbonyl (C=O) groups is 1. The fourth-order valence-electron chi connectivity index (χ4n) is 2.38. The summed E-state index contributed by atoms with van der Waals surface area (Å²) < 4.78 is 10.5. The Kier molecular flexibility index (Phi) is 5.09. The lowest BCUT2D eigenvalue weighted by Crippen LogP contribution is -2.29. The zero-order valence-corrected chi connectivity index (χ0v) is 12.1. The maximum atomic E-state index is 11.9. The van der Waals surface area contributed by atoms with Crippen molar-refractivity contribution in [1.82, 2.24) is 4.90 Å². The Balaban J connectivity index is 1.87. The Morgan fingerprint density at radius 3 is 2.65 bits per heavy atom. The molecule has 1 fully saturated rings. The largest absolute Gasteiger partial charge is 0.497 e. The molecule has 0 aromatic heterocycles. The van der Waals surface area contributed by atoms with Gasteiger partial charge >= 0.3 is 0 Å². The summed E-state index contributed by atoms with van der Waals surface area (Å²) in [7, 11) is 3.25. The minimum atomic E-state index is 0.219. The van der Waals surface area contributed by atoms with Gasteiger partial charge in [-0.25, -0.2) is 0 Å². The van der Waals surface area contributed by atoms with Crippen LogP contribution in [0.25, 0.3) is 0 Å². The van der Waals surface area contributed by atoms with E-state index in [0.29, 0.717) is 13.0 Å². The highest BCUT2D eigenvalue weighted by molar-refractivity contribution is 5.77. The van der Waals surface area contributed by atoms with E-state index in [1.807, 2.05) is 23.1 Å². The number of likely N-dealkylation sites (tertiary alicyclic amines) is 1. The van der Waals surface area contributed by atoms with Crippen LogP contribution in [0.3, 0.4) is 0 Å². The minimum absolute atomic E-state index is 0.219. The monoisotopic (exact) mass is 278 g/mol. The molecule has 1 aromatic rings. The van der Waals surface area contributed by atoms with Crippen molar-refractivity contribution in [2.75, 3.05) is 39.2 Å². The first-order chi connectivity index (χ1) is 9.74. The van der Waals surface area contributed by atoms with Crippen LogP contribution in [0.15, 0.2) is 18.2 Å². The van der Waals surface area contributed by atoms with Crippen molar-refractivity contribution >= 4 is 11.6 Å². The van der Waals surface area contributed by atoms with Crippen molar-refractivity contribution in [3.05, 3.63) is 18.2 Å². The van der Waals surface area contributed by atoms with E-state index in [1.54, 1.807) is 14.2 Å². The van der Waals surface area contributed by atoms with Gasteiger partial charge in [-0.15, -0.1) is 0 Å². The number of hydrogen-bond acceptors (Lipinski definition) is 4. The van der Waals surface area contributed by atoms with Crippen LogP contribution in [-0.4, -0.2) is 44.7 Å². The molecule has 0 spiro atoms. The average Bonchev–Trinajstić information content (AvgIpc) is 3.01. The quantitative estimate of drug-likeness (QED) is 0.866. The molecule has 0 saturated carbocycles. The highest BCUT2D eigenvalue weighted by atomic mass is 16.5. The first-order valence-electron chi connectivity index (χ1n) is 6.98. The van der Waals surface area contributed by atoms with E-state index in [0.717, 1.165) is 43.1 Å². The number of rotatable bonds is 6. The maximum absolute atomic E-state index is 11.9. The van der Waals surface area contributed by atoms with Gasteiger partial charge in [-0.3, -0.25) is 4.79 Å². The molecule has 0 aliphatic carbocycles. The van der Waals surface area contributed by atoms with Crippen LogP contribution in [0.4, 0.5) is 5.69 Å². The smallest absolute Gasteiger partial charge is 0.224 e. The normalized spacial score (nSPS) is 14.2. The van der Waals surface area contributed by atoms with Gasteiger partial charge in [-0.05, 0) is 25.0 Å². The van der Waals surface area contributed by atoms with Crippen LogP contribution in [0.5, 0.6) is 11.5 Å². The molecule has 2 rings (SSSR count). The van der Waals surface area contributed by atoms with Crippen molar-refractivity contribution < 1.29 is 14.3 Å². The molecule has 0 unspecified atom stereocenters. The number of amides is 1. The van der Waals surface area contributed by atoms with Crippen molar-refractivity contribution in [2.45, 2.75) is 19.3 Å². The van der Waals surface area contributed by atoms with Crippen LogP contribution in [-0.2, 0) is 4.79 Å². The van der Waals surface area contributed by atoms with Gasteiger partial charge in [0.1, 0.15) is 11.5 Å². The molecular formula is C15H22N2O3. The van der Waals surface area contributed by atoms with E-state index >= 15 is 0 Å². The summed E-state index contributed by atoms with van der Waals surface area (Å²) in [6.07, 6.45) is 2.76. The Labute approximate surface area is 119 Å². The molecule has 0 atom stereocenters. The molecule has 20 heavy (non-hydrogen) atoms. The van der Waals surface area contributed by atoms with Crippen LogP contribution in [0, 0.1) is 0 Å². The second kappa shape index (κ2) is 7.03. The molecule has 5 nitrogen and oxygen atoms in total. The third-order valence-corrected chi connectivity index (χ3v) is 3.52. The van der Waals surface area contributed by atoms with Gasteiger partial charge in [0.2, 0.25) is 5.91 Å². The number of methoxy groups -OCH3 is 2. The molecule has 0 bridgehead atoms. The number of anilines is 1. The second-order valence-corrected chi connectivity index (χ2v) is 4.83. The summed E-state index contributed by atoms with van der Waals surface area (Å²) in [4.78, 5) is 13.9. The number of nitrogens with one attached hydrogen (secondary N) is 1. The Morgan fingerprint density at radius 2 is 2.00 bits per heavy atom. The van der Waals surface area contributed by atoms with Gasteiger partial charge in [-0.1, -0.05) is 0 Å². The van der Waals surface area contributed by atoms with Crippen molar-refractivity contribution in [1.29, 1.82) is 0 Å². The van der Waals surface area contributed by atoms with Gasteiger partial charge in [0.15, 0.2) is 0 Å². The minimum Gasteiger partial charge on any atom is -0.497 e. The fraction of sp³-hybridized carbons (Fsp3) is 0.533. The third-order valence-electron chi connectivity index (χ3n) is 3.52. The van der Waals surface area contributed by atoms with E-state index < -0.39 is 0 Å². The lowest BCUT2D eigenvalue weighted by Gasteiger charge is -2.16. The topological polar surface area (TPSA) is 50.8 Å². The molecule has 1 N–H and O–H groups in total. The zero-order chi connectivity index (χ0) is 14.4. The highest BCUT2D eigenvalue weighted by Gasteiger charge is 2.17. The number of nitrogens with zero attached hydrogens (tertiary/aromatic N) is 1. The lowest BCUT2D eigenvalue weighted by atomic mass is 10.2. The van der Waals surface area contributed by atoms with E-state index in [2.05, 4.69) is 5.32 Å². The van der Waals surface area contributed by atoms with Crippen molar-refractivity contribution in [2.24, 2.45) is 0 Å². The molecule has 110 valence electrons. The lowest BCUT2D eigenvalue weighted by molar-refractivity contribution is -0.129. The van der Waals surface area contributed by atoms with E-state index in [9.17, 15) is 4.79 Å². The predicted molar refractivity (Wildman–Crippen MR) is 78.5 cm³/mol. The molecule has 1 aliphatic heterocycles. The second-order valence-electron chi connectivity index (χ2n) is 4.83. The van der Waals surface area contributed by atoms with E-state index in [-0.39, 0.29) is 5.91 Å². The van der Waals surface area contributed by atoms with Crippen LogP contribution in [0.1, 0.15) is 19.3 Å². The SMILES string of the molecule is COc1ccc(OC)c(NCCC(=O)N2CCCC2)c1. The number of carbonyl (C=O) groups excluding carboxylic acids is 1. The third kappa shape index (κ3) is 3.56. The van der Waals surface area contributed by atoms with Crippen molar-refractivity contribution in [3.8, 4) is 11.5 Å². The molecule has 1 amide bonds. The molecule has 1 heterocycles.